The number of aryl methyl sites for hydroxylation is 1. The summed E-state index contributed by atoms with van der Waals surface area (Å²) in [6.07, 6.45) is -0.803. The number of rotatable bonds is 3. The molecule has 0 aromatic carbocycles. The SMILES string of the molecule is Cn1cc(CN2CCNCC2)c(C(F)F)n1. The van der Waals surface area contributed by atoms with E-state index in [1.54, 1.807) is 13.2 Å². The highest BCUT2D eigenvalue weighted by Gasteiger charge is 2.20. The molecule has 0 bridgehead atoms. The maximum atomic E-state index is 12.7. The minimum absolute atomic E-state index is 0.0824. The van der Waals surface area contributed by atoms with E-state index in [0.717, 1.165) is 26.2 Å². The predicted octanol–water partition coefficient (Wildman–Crippen LogP) is 0.763. The first-order valence-corrected chi connectivity index (χ1v) is 5.40. The van der Waals surface area contributed by atoms with Crippen LogP contribution in [0.25, 0.3) is 0 Å². The van der Waals surface area contributed by atoms with E-state index in [9.17, 15) is 8.78 Å². The van der Waals surface area contributed by atoms with Crippen molar-refractivity contribution in [2.75, 3.05) is 26.2 Å². The van der Waals surface area contributed by atoms with E-state index < -0.39 is 6.43 Å². The molecule has 0 atom stereocenters. The second-order valence-corrected chi connectivity index (χ2v) is 4.04. The third kappa shape index (κ3) is 2.56. The minimum atomic E-state index is -2.49. The van der Waals surface area contributed by atoms with Gasteiger partial charge in [-0.05, 0) is 0 Å². The van der Waals surface area contributed by atoms with Gasteiger partial charge in [-0.2, -0.15) is 5.10 Å². The lowest BCUT2D eigenvalue weighted by Crippen LogP contribution is -2.42. The van der Waals surface area contributed by atoms with Crippen LogP contribution in [0.5, 0.6) is 0 Å². The summed E-state index contributed by atoms with van der Waals surface area (Å²) in [5, 5.41) is 7.03. The third-order valence-corrected chi connectivity index (χ3v) is 2.75. The van der Waals surface area contributed by atoms with E-state index in [1.807, 2.05) is 0 Å². The van der Waals surface area contributed by atoms with Crippen LogP contribution in [0.1, 0.15) is 17.7 Å². The van der Waals surface area contributed by atoms with Gasteiger partial charge >= 0.3 is 0 Å². The number of alkyl halides is 2. The van der Waals surface area contributed by atoms with Crippen LogP contribution in [0.4, 0.5) is 8.78 Å². The molecule has 1 fully saturated rings. The van der Waals surface area contributed by atoms with Gasteiger partial charge in [0.25, 0.3) is 6.43 Å². The molecule has 1 aromatic heterocycles. The number of nitrogens with zero attached hydrogens (tertiary/aromatic N) is 3. The van der Waals surface area contributed by atoms with E-state index >= 15 is 0 Å². The Morgan fingerprint density at radius 3 is 2.75 bits per heavy atom. The van der Waals surface area contributed by atoms with Gasteiger partial charge in [-0.25, -0.2) is 8.78 Å². The molecule has 4 nitrogen and oxygen atoms in total. The van der Waals surface area contributed by atoms with E-state index in [0.29, 0.717) is 12.1 Å². The largest absolute Gasteiger partial charge is 0.314 e. The molecule has 2 rings (SSSR count). The van der Waals surface area contributed by atoms with Crippen LogP contribution < -0.4 is 5.32 Å². The number of aromatic nitrogens is 2. The van der Waals surface area contributed by atoms with Crippen molar-refractivity contribution in [3.63, 3.8) is 0 Å². The summed E-state index contributed by atoms with van der Waals surface area (Å²) in [7, 11) is 1.67. The van der Waals surface area contributed by atoms with Gasteiger partial charge in [0.2, 0.25) is 0 Å². The summed E-state index contributed by atoms with van der Waals surface area (Å²) < 4.78 is 26.8. The lowest BCUT2D eigenvalue weighted by atomic mass is 10.2. The van der Waals surface area contributed by atoms with Crippen LogP contribution in [0.3, 0.4) is 0 Å². The predicted molar refractivity (Wildman–Crippen MR) is 56.3 cm³/mol. The summed E-state index contributed by atoms with van der Waals surface area (Å²) in [5.41, 5.74) is 0.556. The average molecular weight is 230 g/mol. The van der Waals surface area contributed by atoms with Crippen LogP contribution in [-0.2, 0) is 13.6 Å². The molecule has 90 valence electrons. The zero-order valence-corrected chi connectivity index (χ0v) is 9.29. The Balaban J connectivity index is 2.07. The van der Waals surface area contributed by atoms with E-state index in [2.05, 4.69) is 15.3 Å². The molecule has 16 heavy (non-hydrogen) atoms. The van der Waals surface area contributed by atoms with Crippen LogP contribution in [0.2, 0.25) is 0 Å². The van der Waals surface area contributed by atoms with Gasteiger partial charge < -0.3 is 5.32 Å². The Morgan fingerprint density at radius 1 is 1.44 bits per heavy atom. The molecule has 0 unspecified atom stereocenters. The van der Waals surface area contributed by atoms with Crippen LogP contribution in [0.15, 0.2) is 6.20 Å². The molecule has 0 saturated carbocycles. The van der Waals surface area contributed by atoms with Gasteiger partial charge in [0.1, 0.15) is 5.69 Å². The molecule has 1 N–H and O–H groups in total. The monoisotopic (exact) mass is 230 g/mol. The van der Waals surface area contributed by atoms with Gasteiger partial charge in [0, 0.05) is 51.5 Å². The van der Waals surface area contributed by atoms with Crippen molar-refractivity contribution in [3.05, 3.63) is 17.5 Å². The fourth-order valence-electron chi connectivity index (χ4n) is 1.97. The normalized spacial score (nSPS) is 18.2. The molecule has 1 aliphatic heterocycles. The Bertz CT molecular complexity index is 345. The summed E-state index contributed by atoms with van der Waals surface area (Å²) in [6, 6.07) is 0. The highest BCUT2D eigenvalue weighted by Crippen LogP contribution is 2.22. The van der Waals surface area contributed by atoms with Crippen molar-refractivity contribution in [2.45, 2.75) is 13.0 Å². The molecular formula is C10H16F2N4. The molecule has 0 aliphatic carbocycles. The zero-order chi connectivity index (χ0) is 11.5. The molecule has 2 heterocycles. The topological polar surface area (TPSA) is 33.1 Å². The van der Waals surface area contributed by atoms with Crippen LogP contribution in [-0.4, -0.2) is 40.9 Å². The Hall–Kier alpha value is -1.01. The minimum Gasteiger partial charge on any atom is -0.314 e. The Morgan fingerprint density at radius 2 is 2.12 bits per heavy atom. The molecular weight excluding hydrogens is 214 g/mol. The smallest absolute Gasteiger partial charge is 0.282 e. The quantitative estimate of drug-likeness (QED) is 0.832. The van der Waals surface area contributed by atoms with E-state index in [1.165, 1.54) is 4.68 Å². The fraction of sp³-hybridized carbons (Fsp3) is 0.700. The van der Waals surface area contributed by atoms with Crippen molar-refractivity contribution in [2.24, 2.45) is 7.05 Å². The van der Waals surface area contributed by atoms with Gasteiger partial charge in [-0.15, -0.1) is 0 Å². The first-order chi connectivity index (χ1) is 7.66. The van der Waals surface area contributed by atoms with Gasteiger partial charge in [-0.1, -0.05) is 0 Å². The second-order valence-electron chi connectivity index (χ2n) is 4.04. The van der Waals surface area contributed by atoms with Gasteiger partial charge in [0.05, 0.1) is 0 Å². The summed E-state index contributed by atoms with van der Waals surface area (Å²) >= 11 is 0. The summed E-state index contributed by atoms with van der Waals surface area (Å²) in [6.45, 7) is 4.21. The Labute approximate surface area is 93.2 Å². The van der Waals surface area contributed by atoms with Gasteiger partial charge in [-0.3, -0.25) is 9.58 Å². The average Bonchev–Trinajstić information content (AvgIpc) is 2.61. The van der Waals surface area contributed by atoms with Gasteiger partial charge in [0.15, 0.2) is 0 Å². The lowest BCUT2D eigenvalue weighted by molar-refractivity contribution is 0.141. The summed E-state index contributed by atoms with van der Waals surface area (Å²) in [4.78, 5) is 2.17. The zero-order valence-electron chi connectivity index (χ0n) is 9.29. The molecule has 0 spiro atoms. The highest BCUT2D eigenvalue weighted by atomic mass is 19.3. The van der Waals surface area contributed by atoms with Crippen molar-refractivity contribution in [1.82, 2.24) is 20.0 Å². The van der Waals surface area contributed by atoms with Crippen LogP contribution >= 0.6 is 0 Å². The number of halogens is 2. The fourth-order valence-corrected chi connectivity index (χ4v) is 1.97. The summed E-state index contributed by atoms with van der Waals surface area (Å²) in [5.74, 6) is 0. The number of hydrogen-bond acceptors (Lipinski definition) is 3. The molecule has 0 amide bonds. The Kier molecular flexibility index (Phi) is 3.50. The molecule has 1 saturated heterocycles. The molecule has 6 heteroatoms. The maximum Gasteiger partial charge on any atom is 0.282 e. The highest BCUT2D eigenvalue weighted by molar-refractivity contribution is 5.18. The van der Waals surface area contributed by atoms with Crippen molar-refractivity contribution < 1.29 is 8.78 Å². The molecule has 1 aliphatic rings. The molecule has 1 aromatic rings. The standard InChI is InChI=1S/C10H16F2N4/c1-15-6-8(9(14-15)10(11)12)7-16-4-2-13-3-5-16/h6,10,13H,2-5,7H2,1H3. The van der Waals surface area contributed by atoms with E-state index in [-0.39, 0.29) is 5.69 Å². The number of piperazine rings is 1. The number of nitrogens with one attached hydrogen (secondary N) is 1. The molecule has 0 radical (unpaired) electrons. The van der Waals surface area contributed by atoms with Crippen molar-refractivity contribution in [1.29, 1.82) is 0 Å². The first kappa shape index (κ1) is 11.5. The second kappa shape index (κ2) is 4.88. The van der Waals surface area contributed by atoms with Crippen molar-refractivity contribution >= 4 is 0 Å². The van der Waals surface area contributed by atoms with Crippen LogP contribution in [0, 0.1) is 0 Å². The first-order valence-electron chi connectivity index (χ1n) is 5.40. The van der Waals surface area contributed by atoms with Crippen molar-refractivity contribution in [3.8, 4) is 0 Å². The lowest BCUT2D eigenvalue weighted by Gasteiger charge is -2.26. The third-order valence-electron chi connectivity index (χ3n) is 2.75. The maximum absolute atomic E-state index is 12.7. The number of hydrogen-bond donors (Lipinski definition) is 1. The van der Waals surface area contributed by atoms with E-state index in [4.69, 9.17) is 0 Å².